The Labute approximate surface area is 114 Å². The van der Waals surface area contributed by atoms with Gasteiger partial charge in [-0.25, -0.2) is 4.79 Å². The van der Waals surface area contributed by atoms with Crippen molar-refractivity contribution in [3.8, 4) is 0 Å². The molecule has 1 aromatic rings. The number of hydrogen-bond donors (Lipinski definition) is 0. The normalized spacial score (nSPS) is 11.3. The minimum absolute atomic E-state index is 0.261. The van der Waals surface area contributed by atoms with Crippen molar-refractivity contribution < 1.29 is 9.53 Å². The quantitative estimate of drug-likeness (QED) is 0.357. The van der Waals surface area contributed by atoms with Gasteiger partial charge >= 0.3 is 5.97 Å². The van der Waals surface area contributed by atoms with Crippen LogP contribution < -0.4 is 0 Å². The van der Waals surface area contributed by atoms with Crippen LogP contribution in [0.25, 0.3) is 0 Å². The van der Waals surface area contributed by atoms with Gasteiger partial charge in [-0.1, -0.05) is 29.5 Å². The van der Waals surface area contributed by atoms with Crippen LogP contribution in [0.2, 0.25) is 0 Å². The minimum atomic E-state index is -0.261. The molecule has 0 aliphatic carbocycles. The second kappa shape index (κ2) is 6.96. The molecule has 0 aliphatic rings. The third-order valence-corrected chi connectivity index (χ3v) is 3.86. The summed E-state index contributed by atoms with van der Waals surface area (Å²) in [5, 5.41) is 1.81. The molecule has 0 bridgehead atoms. The topological polar surface area (TPSA) is 26.3 Å². The Morgan fingerprint density at radius 1 is 1.44 bits per heavy atom. The van der Waals surface area contributed by atoms with Gasteiger partial charge in [-0.05, 0) is 54.0 Å². The van der Waals surface area contributed by atoms with Crippen LogP contribution >= 0.6 is 34.4 Å². The Balaban J connectivity index is 2.58. The van der Waals surface area contributed by atoms with Crippen molar-refractivity contribution in [1.29, 1.82) is 0 Å². The van der Waals surface area contributed by atoms with Gasteiger partial charge in [-0.2, -0.15) is 0 Å². The zero-order chi connectivity index (χ0) is 12.0. The molecule has 2 nitrogen and oxygen atoms in total. The lowest BCUT2D eigenvalue weighted by Crippen LogP contribution is -2.02. The molecule has 0 spiro atoms. The SMILES string of the molecule is CCOC(=O)/C(I)=C\Sc1ccc(C)cc1. The molecule has 0 unspecified atom stereocenters. The van der Waals surface area contributed by atoms with E-state index in [1.54, 1.807) is 6.92 Å². The highest BCUT2D eigenvalue weighted by molar-refractivity contribution is 14.1. The number of esters is 1. The van der Waals surface area contributed by atoms with Gasteiger partial charge in [-0.3, -0.25) is 0 Å². The summed E-state index contributed by atoms with van der Waals surface area (Å²) >= 11 is 3.51. The highest BCUT2D eigenvalue weighted by atomic mass is 127. The van der Waals surface area contributed by atoms with Crippen molar-refractivity contribution in [3.05, 3.63) is 38.8 Å². The number of halogens is 1. The van der Waals surface area contributed by atoms with Gasteiger partial charge in [0.05, 0.1) is 6.61 Å². The monoisotopic (exact) mass is 348 g/mol. The summed E-state index contributed by atoms with van der Waals surface area (Å²) in [6.07, 6.45) is 0. The maximum atomic E-state index is 11.3. The first kappa shape index (κ1) is 13.6. The molecular formula is C12H13IO2S. The number of hydrogen-bond acceptors (Lipinski definition) is 3. The van der Waals surface area contributed by atoms with Crippen molar-refractivity contribution in [1.82, 2.24) is 0 Å². The molecule has 0 heterocycles. The Kier molecular flexibility index (Phi) is 5.90. The first-order valence-electron chi connectivity index (χ1n) is 4.89. The van der Waals surface area contributed by atoms with Gasteiger partial charge in [0, 0.05) is 4.90 Å². The average Bonchev–Trinajstić information content (AvgIpc) is 2.28. The van der Waals surface area contributed by atoms with E-state index in [1.165, 1.54) is 17.3 Å². The predicted molar refractivity (Wildman–Crippen MR) is 75.8 cm³/mol. The molecule has 0 amide bonds. The maximum Gasteiger partial charge on any atom is 0.344 e. The standard InChI is InChI=1S/C12H13IO2S/c1-3-15-12(14)11(13)8-16-10-6-4-9(2)5-7-10/h4-8H,3H2,1-2H3/b11-8+. The summed E-state index contributed by atoms with van der Waals surface area (Å²) in [4.78, 5) is 12.4. The molecule has 0 aliphatic heterocycles. The zero-order valence-electron chi connectivity index (χ0n) is 9.20. The lowest BCUT2D eigenvalue weighted by atomic mass is 10.2. The fourth-order valence-corrected chi connectivity index (χ4v) is 2.15. The van der Waals surface area contributed by atoms with E-state index in [2.05, 4.69) is 0 Å². The van der Waals surface area contributed by atoms with Crippen LogP contribution in [0, 0.1) is 6.92 Å². The average molecular weight is 348 g/mol. The fourth-order valence-electron chi connectivity index (χ4n) is 0.985. The third kappa shape index (κ3) is 4.57. The summed E-state index contributed by atoms with van der Waals surface area (Å²) < 4.78 is 5.49. The number of aryl methyl sites for hydroxylation is 1. The van der Waals surface area contributed by atoms with Crippen LogP contribution in [0.5, 0.6) is 0 Å². The molecule has 0 saturated heterocycles. The molecule has 4 heteroatoms. The van der Waals surface area contributed by atoms with Crippen molar-refractivity contribution >= 4 is 40.3 Å². The Hall–Kier alpha value is -0.490. The van der Waals surface area contributed by atoms with Crippen molar-refractivity contribution in [2.75, 3.05) is 6.61 Å². The van der Waals surface area contributed by atoms with Crippen molar-refractivity contribution in [2.24, 2.45) is 0 Å². The zero-order valence-corrected chi connectivity index (χ0v) is 12.2. The van der Waals surface area contributed by atoms with Gasteiger partial charge in [0.1, 0.15) is 3.58 Å². The molecular weight excluding hydrogens is 335 g/mol. The van der Waals surface area contributed by atoms with Crippen LogP contribution in [0.1, 0.15) is 12.5 Å². The molecule has 0 fully saturated rings. The van der Waals surface area contributed by atoms with Gasteiger partial charge < -0.3 is 4.74 Å². The number of rotatable bonds is 4. The lowest BCUT2D eigenvalue weighted by Gasteiger charge is -2.00. The first-order chi connectivity index (χ1) is 7.63. The predicted octanol–water partition coefficient (Wildman–Crippen LogP) is 3.93. The van der Waals surface area contributed by atoms with E-state index < -0.39 is 0 Å². The molecule has 86 valence electrons. The smallest absolute Gasteiger partial charge is 0.344 e. The van der Waals surface area contributed by atoms with Gasteiger partial charge in [0.2, 0.25) is 0 Å². The number of benzene rings is 1. The van der Waals surface area contributed by atoms with Crippen LogP contribution in [-0.4, -0.2) is 12.6 Å². The van der Waals surface area contributed by atoms with Crippen LogP contribution in [0.15, 0.2) is 38.1 Å². The highest BCUT2D eigenvalue weighted by Crippen LogP contribution is 2.23. The lowest BCUT2D eigenvalue weighted by molar-refractivity contribution is -0.137. The number of ether oxygens (including phenoxy) is 1. The maximum absolute atomic E-state index is 11.3. The number of carbonyl (C=O) groups excluding carboxylic acids is 1. The van der Waals surface area contributed by atoms with E-state index in [0.717, 1.165) is 4.90 Å². The molecule has 0 aromatic heterocycles. The summed E-state index contributed by atoms with van der Waals surface area (Å²) in [5.74, 6) is -0.261. The second-order valence-corrected chi connectivity index (χ2v) is 5.22. The van der Waals surface area contributed by atoms with Gasteiger partial charge in [0.25, 0.3) is 0 Å². The fraction of sp³-hybridized carbons (Fsp3) is 0.250. The summed E-state index contributed by atoms with van der Waals surface area (Å²) in [6, 6.07) is 8.16. The van der Waals surface area contributed by atoms with E-state index in [4.69, 9.17) is 4.74 Å². The molecule has 0 saturated carbocycles. The van der Waals surface area contributed by atoms with Crippen molar-refractivity contribution in [3.63, 3.8) is 0 Å². The molecule has 16 heavy (non-hydrogen) atoms. The Morgan fingerprint density at radius 3 is 2.62 bits per heavy atom. The molecule has 0 N–H and O–H groups in total. The van der Waals surface area contributed by atoms with Gasteiger partial charge in [0.15, 0.2) is 0 Å². The van der Waals surface area contributed by atoms with Crippen LogP contribution in [-0.2, 0) is 9.53 Å². The molecule has 1 rings (SSSR count). The van der Waals surface area contributed by atoms with E-state index in [1.807, 2.05) is 59.2 Å². The molecule has 0 radical (unpaired) electrons. The Bertz CT molecular complexity index is 385. The minimum Gasteiger partial charge on any atom is -0.462 e. The van der Waals surface area contributed by atoms with Crippen LogP contribution in [0.3, 0.4) is 0 Å². The molecule has 1 aromatic carbocycles. The number of thioether (sulfide) groups is 1. The number of carbonyl (C=O) groups is 1. The molecule has 0 atom stereocenters. The van der Waals surface area contributed by atoms with Crippen molar-refractivity contribution in [2.45, 2.75) is 18.7 Å². The summed E-state index contributed by atoms with van der Waals surface area (Å²) in [6.45, 7) is 4.26. The summed E-state index contributed by atoms with van der Waals surface area (Å²) in [5.41, 5.74) is 1.23. The third-order valence-electron chi connectivity index (χ3n) is 1.79. The second-order valence-electron chi connectivity index (χ2n) is 3.12. The largest absolute Gasteiger partial charge is 0.462 e. The highest BCUT2D eigenvalue weighted by Gasteiger charge is 2.05. The first-order valence-corrected chi connectivity index (χ1v) is 6.85. The Morgan fingerprint density at radius 2 is 2.06 bits per heavy atom. The summed E-state index contributed by atoms with van der Waals surface area (Å²) in [7, 11) is 0. The van der Waals surface area contributed by atoms with E-state index in [-0.39, 0.29) is 5.97 Å². The van der Waals surface area contributed by atoms with E-state index in [0.29, 0.717) is 10.2 Å². The van der Waals surface area contributed by atoms with E-state index in [9.17, 15) is 4.79 Å². The van der Waals surface area contributed by atoms with E-state index >= 15 is 0 Å². The van der Waals surface area contributed by atoms with Gasteiger partial charge in [-0.15, -0.1) is 0 Å². The van der Waals surface area contributed by atoms with Crippen LogP contribution in [0.4, 0.5) is 0 Å².